The Morgan fingerprint density at radius 2 is 1.63 bits per heavy atom. The van der Waals surface area contributed by atoms with Gasteiger partial charge in [0.05, 0.1) is 33.1 Å². The van der Waals surface area contributed by atoms with Gasteiger partial charge in [-0.05, 0) is 117 Å². The molecule has 0 fully saturated rings. The number of nitrogens with one attached hydrogen (secondary N) is 1. The second-order valence-electron chi connectivity index (χ2n) is 12.7. The van der Waals surface area contributed by atoms with E-state index in [1.165, 1.54) is 48.5 Å². The fourth-order valence-corrected chi connectivity index (χ4v) is 7.42. The molecule has 2 heterocycles. The van der Waals surface area contributed by atoms with Gasteiger partial charge >= 0.3 is 0 Å². The third-order valence-corrected chi connectivity index (χ3v) is 10.9. The molecule has 6 aromatic rings. The summed E-state index contributed by atoms with van der Waals surface area (Å²) in [7, 11) is -3.79. The summed E-state index contributed by atoms with van der Waals surface area (Å²) < 4.78 is 33.5. The highest BCUT2D eigenvalue weighted by atomic mass is 32.2. The molecule has 13 heteroatoms. The number of hydrogen-bond donors (Lipinski definition) is 3. The van der Waals surface area contributed by atoms with Crippen LogP contribution in [0.1, 0.15) is 30.8 Å². The number of rotatable bonds is 12. The average molecular weight is 743 g/mol. The Hall–Kier alpha value is -6.31. The van der Waals surface area contributed by atoms with E-state index in [1.807, 2.05) is 55.5 Å². The van der Waals surface area contributed by atoms with E-state index in [0.29, 0.717) is 35.2 Å². The summed E-state index contributed by atoms with van der Waals surface area (Å²) in [5.74, 6) is 0.527. The maximum atomic E-state index is 13.1. The Morgan fingerprint density at radius 1 is 0.944 bits per heavy atom. The first-order valence-electron chi connectivity index (χ1n) is 17.4. The molecular formula is C41H38N6O6S. The normalized spacial score (nSPS) is 13.8. The van der Waals surface area contributed by atoms with E-state index >= 15 is 0 Å². The molecule has 0 saturated carbocycles. The van der Waals surface area contributed by atoms with E-state index in [2.05, 4.69) is 23.2 Å². The number of fused-ring (bicyclic) bond motifs is 3. The highest BCUT2D eigenvalue weighted by Gasteiger charge is 2.29. The lowest BCUT2D eigenvalue weighted by Gasteiger charge is -2.22. The molecular weight excluding hydrogens is 705 g/mol. The Morgan fingerprint density at radius 3 is 2.30 bits per heavy atom. The number of aromatic nitrogens is 2. The molecule has 12 nitrogen and oxygen atoms in total. The van der Waals surface area contributed by atoms with Crippen LogP contribution < -0.4 is 15.0 Å². The number of aliphatic hydroxyl groups is 1. The van der Waals surface area contributed by atoms with Crippen molar-refractivity contribution in [2.45, 2.75) is 36.7 Å². The van der Waals surface area contributed by atoms with Crippen molar-refractivity contribution in [2.75, 3.05) is 29.9 Å². The third-order valence-electron chi connectivity index (χ3n) is 9.09. The predicted molar refractivity (Wildman–Crippen MR) is 209 cm³/mol. The van der Waals surface area contributed by atoms with Gasteiger partial charge in [-0.1, -0.05) is 24.3 Å². The largest absolute Gasteiger partial charge is 0.508 e. The first kappa shape index (κ1) is 36.1. The maximum Gasteiger partial charge on any atom is 0.265 e. The Balaban J connectivity index is 1.08. The van der Waals surface area contributed by atoms with Gasteiger partial charge in [-0.2, -0.15) is 5.10 Å². The minimum atomic E-state index is -3.79. The second kappa shape index (κ2) is 15.0. The maximum absolute atomic E-state index is 13.1. The lowest BCUT2D eigenvalue weighted by atomic mass is 10.0. The van der Waals surface area contributed by atoms with E-state index < -0.39 is 21.8 Å². The van der Waals surface area contributed by atoms with E-state index in [0.717, 1.165) is 40.1 Å². The van der Waals surface area contributed by atoms with Crippen molar-refractivity contribution >= 4 is 55.3 Å². The number of imidazole rings is 1. The van der Waals surface area contributed by atoms with Crippen molar-refractivity contribution in [1.82, 2.24) is 9.66 Å². The number of likely N-dealkylation sites (N-methyl/N-ethyl adjacent to an activating group) is 1. The van der Waals surface area contributed by atoms with Gasteiger partial charge in [-0.15, -0.1) is 0 Å². The molecule has 5 aromatic carbocycles. The number of aromatic hydroxyl groups is 1. The van der Waals surface area contributed by atoms with Gasteiger partial charge in [-0.25, -0.2) is 23.1 Å². The topological polar surface area (TPSA) is 159 Å². The number of aliphatic hydroxyl groups excluding tert-OH is 1. The van der Waals surface area contributed by atoms with Crippen LogP contribution in [0.4, 0.5) is 17.1 Å². The van der Waals surface area contributed by atoms with E-state index in [1.54, 1.807) is 23.7 Å². The predicted octanol–water partition coefficient (Wildman–Crippen LogP) is 6.49. The van der Waals surface area contributed by atoms with Gasteiger partial charge in [0.15, 0.2) is 11.9 Å². The van der Waals surface area contributed by atoms with Gasteiger partial charge < -0.3 is 25.2 Å². The van der Waals surface area contributed by atoms with Gasteiger partial charge in [0.2, 0.25) is 9.84 Å². The van der Waals surface area contributed by atoms with Gasteiger partial charge in [0.25, 0.3) is 5.91 Å². The number of carbonyl (C=O) groups excluding carboxylic acids is 1. The molecule has 0 saturated heterocycles. The molecule has 1 aliphatic rings. The van der Waals surface area contributed by atoms with Crippen LogP contribution in [0.25, 0.3) is 11.0 Å². The molecule has 0 aliphatic carbocycles. The van der Waals surface area contributed by atoms with Crippen LogP contribution in [0.2, 0.25) is 0 Å². The van der Waals surface area contributed by atoms with Crippen molar-refractivity contribution in [3.8, 4) is 11.5 Å². The van der Waals surface area contributed by atoms with Gasteiger partial charge in [0, 0.05) is 30.0 Å². The number of phenolic OH excluding ortho intramolecular Hbond substituents is 1. The number of sulfone groups is 1. The average Bonchev–Trinajstić information content (AvgIpc) is 3.71. The zero-order chi connectivity index (χ0) is 38.0. The first-order chi connectivity index (χ1) is 26.0. The Labute approximate surface area is 312 Å². The smallest absolute Gasteiger partial charge is 0.265 e. The zero-order valence-corrected chi connectivity index (χ0v) is 30.7. The van der Waals surface area contributed by atoms with Crippen LogP contribution >= 0.6 is 0 Å². The molecule has 0 radical (unpaired) electrons. The summed E-state index contributed by atoms with van der Waals surface area (Å²) in [6, 6.07) is 32.2. The number of amides is 1. The Kier molecular flexibility index (Phi) is 10.00. The number of ether oxygens (including phenoxy) is 1. The molecule has 1 aromatic heterocycles. The van der Waals surface area contributed by atoms with Gasteiger partial charge in [-0.3, -0.25) is 4.79 Å². The SMILES string of the molecule is CCN(CCO)c1ccc(/N=C2/C(c3ccc(NC(=O)C(C)Oc4ccc(S(=O)(=O)c5ccc(O)cc5)cc4)cc3)=Nn3c2nc2ccccc23)c(C)c1. The Bertz CT molecular complexity index is 2510. The van der Waals surface area contributed by atoms with Crippen LogP contribution in [-0.2, 0) is 14.6 Å². The third kappa shape index (κ3) is 7.19. The molecule has 3 N–H and O–H groups in total. The van der Waals surface area contributed by atoms with E-state index in [9.17, 15) is 23.4 Å². The number of nitrogens with zero attached hydrogens (tertiary/aromatic N) is 5. The highest BCUT2D eigenvalue weighted by Crippen LogP contribution is 2.30. The fourth-order valence-electron chi connectivity index (χ4n) is 6.16. The van der Waals surface area contributed by atoms with Crippen molar-refractivity contribution in [3.63, 3.8) is 0 Å². The number of aliphatic imine (C=N–C) groups is 1. The molecule has 7 rings (SSSR count). The summed E-state index contributed by atoms with van der Waals surface area (Å²) in [6.07, 6.45) is -0.893. The van der Waals surface area contributed by atoms with Crippen LogP contribution in [0, 0.1) is 6.92 Å². The summed E-state index contributed by atoms with van der Waals surface area (Å²) in [6.45, 7) is 7.04. The summed E-state index contributed by atoms with van der Waals surface area (Å²) in [5, 5.41) is 26.8. The van der Waals surface area contributed by atoms with Crippen LogP contribution in [0.15, 0.2) is 135 Å². The lowest BCUT2D eigenvalue weighted by molar-refractivity contribution is -0.122. The molecule has 1 aliphatic heterocycles. The fraction of sp³-hybridized carbons (Fsp3) is 0.171. The number of benzene rings is 5. The summed E-state index contributed by atoms with van der Waals surface area (Å²) in [5.41, 5.74) is 6.99. The quantitative estimate of drug-likeness (QED) is 0.128. The monoisotopic (exact) mass is 742 g/mol. The number of anilines is 2. The molecule has 54 heavy (non-hydrogen) atoms. The number of para-hydroxylation sites is 2. The minimum Gasteiger partial charge on any atom is -0.508 e. The number of phenols is 1. The number of carbonyl (C=O) groups is 1. The summed E-state index contributed by atoms with van der Waals surface area (Å²) >= 11 is 0. The first-order valence-corrected chi connectivity index (χ1v) is 18.9. The molecule has 274 valence electrons. The highest BCUT2D eigenvalue weighted by molar-refractivity contribution is 7.91. The molecule has 1 amide bonds. The van der Waals surface area contributed by atoms with Crippen molar-refractivity contribution in [3.05, 3.63) is 132 Å². The lowest BCUT2D eigenvalue weighted by Crippen LogP contribution is -2.30. The molecule has 1 atom stereocenters. The van der Waals surface area contributed by atoms with Crippen molar-refractivity contribution < 1.29 is 28.2 Å². The second-order valence-corrected chi connectivity index (χ2v) is 14.7. The minimum absolute atomic E-state index is 0.0295. The van der Waals surface area contributed by atoms with Crippen LogP contribution in [0.5, 0.6) is 11.5 Å². The molecule has 1 unspecified atom stereocenters. The molecule has 0 spiro atoms. The van der Waals surface area contributed by atoms with Crippen molar-refractivity contribution in [1.29, 1.82) is 0 Å². The number of aryl methyl sites for hydroxylation is 1. The number of hydrogen-bond acceptors (Lipinski definition) is 10. The van der Waals surface area contributed by atoms with Crippen molar-refractivity contribution in [2.24, 2.45) is 10.1 Å². The van der Waals surface area contributed by atoms with Crippen LogP contribution in [0.3, 0.4) is 0 Å². The van der Waals surface area contributed by atoms with Crippen LogP contribution in [-0.4, -0.2) is 71.4 Å². The van der Waals surface area contributed by atoms with E-state index in [-0.39, 0.29) is 22.1 Å². The van der Waals surface area contributed by atoms with Gasteiger partial charge in [0.1, 0.15) is 22.9 Å². The van der Waals surface area contributed by atoms with E-state index in [4.69, 9.17) is 19.8 Å². The summed E-state index contributed by atoms with van der Waals surface area (Å²) in [4.78, 5) is 25.3. The standard InChI is InChI=1S/C41H38N6O6S/c1-4-46(23-24-48)30-13-22-35(26(2)25-30)43-39-38(45-47-37-8-6-5-7-36(37)44-40(39)47)28-9-11-29(12-10-28)42-41(50)27(3)53-32-16-20-34(21-17-32)54(51,52)33-18-14-31(49)15-19-33/h5-22,25,27,48-49H,4,23-24H2,1-3H3,(H,42,50)/b43-39-. The molecule has 0 bridgehead atoms. The zero-order valence-electron chi connectivity index (χ0n) is 29.8.